The second kappa shape index (κ2) is 8.63. The van der Waals surface area contributed by atoms with Gasteiger partial charge in [0.25, 0.3) is 0 Å². The minimum atomic E-state index is -0.101. The summed E-state index contributed by atoms with van der Waals surface area (Å²) in [4.78, 5) is 12.7. The molecule has 4 heteroatoms. The fourth-order valence-electron chi connectivity index (χ4n) is 3.84. The Bertz CT molecular complexity index is 523. The van der Waals surface area contributed by atoms with E-state index >= 15 is 0 Å². The van der Waals surface area contributed by atoms with Crippen LogP contribution in [0.1, 0.15) is 49.3 Å². The van der Waals surface area contributed by atoms with Crippen LogP contribution in [0.4, 0.5) is 0 Å². The highest BCUT2D eigenvalue weighted by Gasteiger charge is 2.32. The number of hydrogen-bond donors (Lipinski definition) is 2. The van der Waals surface area contributed by atoms with Crippen LogP contribution in [0.15, 0.2) is 24.3 Å². The molecule has 2 fully saturated rings. The molecule has 3 atom stereocenters. The molecule has 2 saturated heterocycles. The number of carbonyl (C=O) groups is 1. The third kappa shape index (κ3) is 4.58. The summed E-state index contributed by atoms with van der Waals surface area (Å²) in [6.45, 7) is 5.84. The number of hydrogen-bond acceptors (Lipinski definition) is 3. The van der Waals surface area contributed by atoms with E-state index in [-0.39, 0.29) is 17.9 Å². The molecule has 0 spiro atoms. The zero-order valence-corrected chi connectivity index (χ0v) is 14.7. The molecule has 1 aromatic carbocycles. The van der Waals surface area contributed by atoms with Gasteiger partial charge in [0, 0.05) is 13.2 Å². The van der Waals surface area contributed by atoms with Crippen LogP contribution in [0.2, 0.25) is 0 Å². The molecule has 1 amide bonds. The minimum absolute atomic E-state index is 0.0639. The van der Waals surface area contributed by atoms with E-state index in [0.717, 1.165) is 51.1 Å². The van der Waals surface area contributed by atoms with Crippen LogP contribution >= 0.6 is 0 Å². The first-order chi connectivity index (χ1) is 11.7. The Morgan fingerprint density at radius 3 is 2.83 bits per heavy atom. The van der Waals surface area contributed by atoms with Gasteiger partial charge in [-0.25, -0.2) is 0 Å². The van der Waals surface area contributed by atoms with E-state index in [0.29, 0.717) is 5.92 Å². The van der Waals surface area contributed by atoms with Crippen LogP contribution in [0.3, 0.4) is 0 Å². The van der Waals surface area contributed by atoms with Gasteiger partial charge in [0.05, 0.1) is 12.0 Å². The quantitative estimate of drug-likeness (QED) is 0.873. The third-order valence-corrected chi connectivity index (χ3v) is 5.32. The van der Waals surface area contributed by atoms with E-state index in [1.807, 2.05) is 0 Å². The molecule has 0 radical (unpaired) electrons. The molecule has 2 aliphatic rings. The minimum Gasteiger partial charge on any atom is -0.373 e. The summed E-state index contributed by atoms with van der Waals surface area (Å²) in [7, 11) is 0. The van der Waals surface area contributed by atoms with Crippen molar-refractivity contribution in [3.05, 3.63) is 35.4 Å². The molecule has 0 saturated carbocycles. The number of ether oxygens (including phenoxy) is 1. The molecule has 0 bridgehead atoms. The summed E-state index contributed by atoms with van der Waals surface area (Å²) in [6.07, 6.45) is 5.38. The predicted octanol–water partition coefficient (Wildman–Crippen LogP) is 2.97. The van der Waals surface area contributed by atoms with Crippen LogP contribution in [-0.4, -0.2) is 32.1 Å². The Labute approximate surface area is 145 Å². The first-order valence-corrected chi connectivity index (χ1v) is 9.40. The highest BCUT2D eigenvalue weighted by atomic mass is 16.5. The lowest BCUT2D eigenvalue weighted by atomic mass is 9.88. The van der Waals surface area contributed by atoms with Crippen molar-refractivity contribution in [1.82, 2.24) is 10.6 Å². The van der Waals surface area contributed by atoms with Gasteiger partial charge >= 0.3 is 0 Å². The topological polar surface area (TPSA) is 50.4 Å². The maximum atomic E-state index is 12.7. The summed E-state index contributed by atoms with van der Waals surface area (Å²) < 4.78 is 5.96. The van der Waals surface area contributed by atoms with Gasteiger partial charge in [0.2, 0.25) is 5.91 Å². The van der Waals surface area contributed by atoms with E-state index in [1.54, 1.807) is 0 Å². The van der Waals surface area contributed by atoms with E-state index in [4.69, 9.17) is 4.74 Å². The fraction of sp³-hybridized carbons (Fsp3) is 0.650. The molecule has 3 rings (SSSR count). The standard InChI is InChI=1S/C20H30N2O2/c1-15-6-8-17(9-7-15)19-18(5-3-13-24-19)20(23)22-12-10-16-4-2-11-21-14-16/h6-9,16,18-19,21H,2-5,10-14H2,1H3,(H,22,23). The van der Waals surface area contributed by atoms with Gasteiger partial charge in [-0.1, -0.05) is 29.8 Å². The first-order valence-electron chi connectivity index (χ1n) is 9.40. The van der Waals surface area contributed by atoms with Crippen molar-refractivity contribution in [3.63, 3.8) is 0 Å². The monoisotopic (exact) mass is 330 g/mol. The summed E-state index contributed by atoms with van der Waals surface area (Å²) in [5, 5.41) is 6.60. The summed E-state index contributed by atoms with van der Waals surface area (Å²) in [5.74, 6) is 0.796. The highest BCUT2D eigenvalue weighted by Crippen LogP contribution is 2.34. The van der Waals surface area contributed by atoms with Gasteiger partial charge in [-0.15, -0.1) is 0 Å². The number of aryl methyl sites for hydroxylation is 1. The van der Waals surface area contributed by atoms with Gasteiger partial charge in [0.15, 0.2) is 0 Å². The smallest absolute Gasteiger partial charge is 0.226 e. The number of piperidine rings is 1. The Morgan fingerprint density at radius 2 is 2.08 bits per heavy atom. The number of carbonyl (C=O) groups excluding carboxylic acids is 1. The van der Waals surface area contributed by atoms with Crippen LogP contribution in [-0.2, 0) is 9.53 Å². The lowest BCUT2D eigenvalue weighted by Gasteiger charge is -2.31. The second-order valence-corrected chi connectivity index (χ2v) is 7.24. The molecule has 2 heterocycles. The van der Waals surface area contributed by atoms with E-state index < -0.39 is 0 Å². The Balaban J connectivity index is 1.54. The molecule has 0 aromatic heterocycles. The fourth-order valence-corrected chi connectivity index (χ4v) is 3.84. The average Bonchev–Trinajstić information content (AvgIpc) is 2.63. The van der Waals surface area contributed by atoms with Crippen molar-refractivity contribution < 1.29 is 9.53 Å². The lowest BCUT2D eigenvalue weighted by Crippen LogP contribution is -2.39. The molecule has 0 aliphatic carbocycles. The zero-order valence-electron chi connectivity index (χ0n) is 14.7. The SMILES string of the molecule is Cc1ccc(C2OCCCC2C(=O)NCCC2CCCNC2)cc1. The van der Waals surface area contributed by atoms with E-state index in [9.17, 15) is 4.79 Å². The van der Waals surface area contributed by atoms with Gasteiger partial charge in [-0.05, 0) is 63.6 Å². The van der Waals surface area contributed by atoms with E-state index in [2.05, 4.69) is 41.8 Å². The zero-order chi connectivity index (χ0) is 16.8. The maximum Gasteiger partial charge on any atom is 0.226 e. The Hall–Kier alpha value is -1.39. The molecule has 132 valence electrons. The molecule has 4 nitrogen and oxygen atoms in total. The number of benzene rings is 1. The molecule has 2 N–H and O–H groups in total. The summed E-state index contributed by atoms with van der Waals surface area (Å²) in [5.41, 5.74) is 2.36. The summed E-state index contributed by atoms with van der Waals surface area (Å²) in [6, 6.07) is 8.38. The predicted molar refractivity (Wildman–Crippen MR) is 95.8 cm³/mol. The third-order valence-electron chi connectivity index (χ3n) is 5.32. The van der Waals surface area contributed by atoms with Crippen molar-refractivity contribution in [2.75, 3.05) is 26.2 Å². The Morgan fingerprint density at radius 1 is 1.25 bits per heavy atom. The molecule has 2 aliphatic heterocycles. The van der Waals surface area contributed by atoms with Crippen LogP contribution in [0, 0.1) is 18.8 Å². The highest BCUT2D eigenvalue weighted by molar-refractivity contribution is 5.79. The van der Waals surface area contributed by atoms with Gasteiger partial charge in [0.1, 0.15) is 0 Å². The molecule has 3 unspecified atom stereocenters. The number of rotatable bonds is 5. The van der Waals surface area contributed by atoms with Crippen molar-refractivity contribution in [3.8, 4) is 0 Å². The molecular weight excluding hydrogens is 300 g/mol. The number of nitrogens with one attached hydrogen (secondary N) is 2. The van der Waals surface area contributed by atoms with Gasteiger partial charge in [-0.2, -0.15) is 0 Å². The molecule has 24 heavy (non-hydrogen) atoms. The normalized spacial score (nSPS) is 27.6. The van der Waals surface area contributed by atoms with Crippen LogP contribution in [0.25, 0.3) is 0 Å². The van der Waals surface area contributed by atoms with Crippen molar-refractivity contribution in [2.45, 2.75) is 45.1 Å². The summed E-state index contributed by atoms with van der Waals surface area (Å²) >= 11 is 0. The van der Waals surface area contributed by atoms with Crippen molar-refractivity contribution >= 4 is 5.91 Å². The van der Waals surface area contributed by atoms with E-state index in [1.165, 1.54) is 18.4 Å². The van der Waals surface area contributed by atoms with Crippen molar-refractivity contribution in [1.29, 1.82) is 0 Å². The van der Waals surface area contributed by atoms with Crippen molar-refractivity contribution in [2.24, 2.45) is 11.8 Å². The molecular formula is C20H30N2O2. The maximum absolute atomic E-state index is 12.7. The first kappa shape index (κ1) is 17.4. The van der Waals surface area contributed by atoms with Crippen LogP contribution < -0.4 is 10.6 Å². The Kier molecular flexibility index (Phi) is 6.27. The second-order valence-electron chi connectivity index (χ2n) is 7.24. The largest absolute Gasteiger partial charge is 0.373 e. The molecule has 1 aromatic rings. The lowest BCUT2D eigenvalue weighted by molar-refractivity contribution is -0.134. The number of amides is 1. The van der Waals surface area contributed by atoms with Crippen LogP contribution in [0.5, 0.6) is 0 Å². The average molecular weight is 330 g/mol. The van der Waals surface area contributed by atoms with Gasteiger partial charge < -0.3 is 15.4 Å². The van der Waals surface area contributed by atoms with Gasteiger partial charge in [-0.3, -0.25) is 4.79 Å².